The predicted molar refractivity (Wildman–Crippen MR) is 62.0 cm³/mol. The van der Waals surface area contributed by atoms with E-state index >= 15 is 0 Å². The molecule has 1 fully saturated rings. The minimum absolute atomic E-state index is 0.00407. The molecular weight excluding hydrogens is 220 g/mol. The van der Waals surface area contributed by atoms with E-state index in [0.717, 1.165) is 25.7 Å². The standard InChI is InChI=1S/C11H14N4O2/c1-17-9-7-8(12-6-13-9)15-11(10(16)14-7)4-2-3-5-11/h6H,2-5H2,1H3,(H,14,16)(H,12,13,15). The second kappa shape index (κ2) is 3.58. The molecule has 6 nitrogen and oxygen atoms in total. The molecule has 1 saturated carbocycles. The van der Waals surface area contributed by atoms with Gasteiger partial charge in [-0.25, -0.2) is 4.98 Å². The summed E-state index contributed by atoms with van der Waals surface area (Å²) in [5.41, 5.74) is 0.0596. The van der Waals surface area contributed by atoms with E-state index in [4.69, 9.17) is 4.74 Å². The van der Waals surface area contributed by atoms with E-state index in [1.165, 1.54) is 13.4 Å². The summed E-state index contributed by atoms with van der Waals surface area (Å²) in [6, 6.07) is 0. The van der Waals surface area contributed by atoms with Crippen LogP contribution in [-0.2, 0) is 4.79 Å². The first-order valence-corrected chi connectivity index (χ1v) is 5.74. The summed E-state index contributed by atoms with van der Waals surface area (Å²) in [5.74, 6) is 1.04. The Balaban J connectivity index is 2.03. The van der Waals surface area contributed by atoms with Crippen LogP contribution in [0.5, 0.6) is 5.88 Å². The van der Waals surface area contributed by atoms with Crippen LogP contribution in [0.15, 0.2) is 6.33 Å². The fourth-order valence-corrected chi connectivity index (χ4v) is 2.58. The van der Waals surface area contributed by atoms with E-state index in [-0.39, 0.29) is 5.91 Å². The van der Waals surface area contributed by atoms with Crippen LogP contribution in [-0.4, -0.2) is 28.5 Å². The van der Waals surface area contributed by atoms with Gasteiger partial charge in [-0.1, -0.05) is 12.8 Å². The lowest BCUT2D eigenvalue weighted by Crippen LogP contribution is -2.50. The highest BCUT2D eigenvalue weighted by Gasteiger charge is 2.45. The van der Waals surface area contributed by atoms with E-state index in [1.807, 2.05) is 0 Å². The molecule has 0 saturated heterocycles. The maximum absolute atomic E-state index is 12.2. The first-order valence-electron chi connectivity index (χ1n) is 5.74. The number of anilines is 2. The molecule has 0 atom stereocenters. The van der Waals surface area contributed by atoms with Crippen molar-refractivity contribution in [3.05, 3.63) is 6.33 Å². The summed E-state index contributed by atoms with van der Waals surface area (Å²) in [5, 5.41) is 6.11. The average Bonchev–Trinajstić information content (AvgIpc) is 2.80. The number of amides is 1. The second-order valence-electron chi connectivity index (χ2n) is 4.47. The van der Waals surface area contributed by atoms with Crippen LogP contribution in [0.1, 0.15) is 25.7 Å². The number of rotatable bonds is 1. The van der Waals surface area contributed by atoms with E-state index in [1.54, 1.807) is 0 Å². The molecule has 2 aliphatic rings. The lowest BCUT2D eigenvalue weighted by atomic mass is 9.94. The lowest BCUT2D eigenvalue weighted by Gasteiger charge is -2.34. The van der Waals surface area contributed by atoms with Gasteiger partial charge in [0.2, 0.25) is 11.8 Å². The molecule has 1 spiro atoms. The third-order valence-corrected chi connectivity index (χ3v) is 3.49. The van der Waals surface area contributed by atoms with E-state index in [0.29, 0.717) is 17.4 Å². The van der Waals surface area contributed by atoms with Crippen molar-refractivity contribution < 1.29 is 9.53 Å². The Kier molecular flexibility index (Phi) is 2.17. The quantitative estimate of drug-likeness (QED) is 0.762. The van der Waals surface area contributed by atoms with Gasteiger partial charge in [-0.05, 0) is 12.8 Å². The van der Waals surface area contributed by atoms with E-state index < -0.39 is 5.54 Å². The van der Waals surface area contributed by atoms with E-state index in [9.17, 15) is 4.79 Å². The summed E-state index contributed by atoms with van der Waals surface area (Å²) in [6.07, 6.45) is 5.27. The van der Waals surface area contributed by atoms with Crippen molar-refractivity contribution in [2.45, 2.75) is 31.2 Å². The Bertz CT molecular complexity index is 469. The number of hydrogen-bond acceptors (Lipinski definition) is 5. The molecule has 2 N–H and O–H groups in total. The number of hydrogen-bond donors (Lipinski definition) is 2. The molecular formula is C11H14N4O2. The molecule has 6 heteroatoms. The predicted octanol–water partition coefficient (Wildman–Crippen LogP) is 1.16. The number of methoxy groups -OCH3 is 1. The van der Waals surface area contributed by atoms with Gasteiger partial charge in [-0.3, -0.25) is 4.79 Å². The average molecular weight is 234 g/mol. The summed E-state index contributed by atoms with van der Waals surface area (Å²) in [7, 11) is 1.52. The second-order valence-corrected chi connectivity index (χ2v) is 4.47. The SMILES string of the molecule is COc1ncnc2c1NC(=O)C1(CCCC1)N2. The van der Waals surface area contributed by atoms with Gasteiger partial charge in [0, 0.05) is 0 Å². The van der Waals surface area contributed by atoms with Crippen LogP contribution < -0.4 is 15.4 Å². The Morgan fingerprint density at radius 2 is 2.12 bits per heavy atom. The highest BCUT2D eigenvalue weighted by atomic mass is 16.5. The number of nitrogens with one attached hydrogen (secondary N) is 2. The number of carbonyl (C=O) groups excluding carboxylic acids is 1. The van der Waals surface area contributed by atoms with Gasteiger partial charge in [-0.2, -0.15) is 4.98 Å². The number of nitrogens with zero attached hydrogens (tertiary/aromatic N) is 2. The molecule has 0 radical (unpaired) electrons. The van der Waals surface area contributed by atoms with Crippen molar-refractivity contribution >= 4 is 17.4 Å². The van der Waals surface area contributed by atoms with Gasteiger partial charge < -0.3 is 15.4 Å². The number of aromatic nitrogens is 2. The zero-order valence-corrected chi connectivity index (χ0v) is 9.62. The third-order valence-electron chi connectivity index (χ3n) is 3.49. The highest BCUT2D eigenvalue weighted by molar-refractivity contribution is 6.06. The summed E-state index contributed by atoms with van der Waals surface area (Å²) in [6.45, 7) is 0. The van der Waals surface area contributed by atoms with Crippen molar-refractivity contribution in [1.29, 1.82) is 0 Å². The monoisotopic (exact) mass is 234 g/mol. The van der Waals surface area contributed by atoms with Crippen molar-refractivity contribution in [2.24, 2.45) is 0 Å². The van der Waals surface area contributed by atoms with Crippen LogP contribution in [0, 0.1) is 0 Å². The topological polar surface area (TPSA) is 76.1 Å². The van der Waals surface area contributed by atoms with Crippen LogP contribution in [0.4, 0.5) is 11.5 Å². The zero-order valence-electron chi connectivity index (χ0n) is 9.62. The first-order chi connectivity index (χ1) is 8.25. The Morgan fingerprint density at radius 3 is 2.82 bits per heavy atom. The Hall–Kier alpha value is -1.85. The lowest BCUT2D eigenvalue weighted by molar-refractivity contribution is -0.120. The molecule has 1 aromatic heterocycles. The maximum Gasteiger partial charge on any atom is 0.250 e. The van der Waals surface area contributed by atoms with Crippen LogP contribution in [0.25, 0.3) is 0 Å². The molecule has 3 rings (SSSR count). The normalized spacial score (nSPS) is 20.6. The molecule has 1 aromatic rings. The van der Waals surface area contributed by atoms with Gasteiger partial charge in [0.15, 0.2) is 5.82 Å². The highest BCUT2D eigenvalue weighted by Crippen LogP contribution is 2.41. The molecule has 1 aliphatic carbocycles. The summed E-state index contributed by atoms with van der Waals surface area (Å²) >= 11 is 0. The molecule has 2 heterocycles. The van der Waals surface area contributed by atoms with Crippen molar-refractivity contribution in [2.75, 3.05) is 17.7 Å². The molecule has 17 heavy (non-hydrogen) atoms. The van der Waals surface area contributed by atoms with Crippen LogP contribution >= 0.6 is 0 Å². The van der Waals surface area contributed by atoms with Gasteiger partial charge in [0.25, 0.3) is 0 Å². The summed E-state index contributed by atoms with van der Waals surface area (Å²) in [4.78, 5) is 20.3. The van der Waals surface area contributed by atoms with Gasteiger partial charge in [-0.15, -0.1) is 0 Å². The number of fused-ring (bicyclic) bond motifs is 1. The Labute approximate surface area is 98.8 Å². The number of ether oxygens (including phenoxy) is 1. The minimum Gasteiger partial charge on any atom is -0.479 e. The maximum atomic E-state index is 12.2. The molecule has 0 aromatic carbocycles. The smallest absolute Gasteiger partial charge is 0.250 e. The molecule has 1 amide bonds. The first kappa shape index (κ1) is 10.3. The molecule has 0 bridgehead atoms. The third kappa shape index (κ3) is 1.44. The van der Waals surface area contributed by atoms with Gasteiger partial charge in [0.1, 0.15) is 17.6 Å². The van der Waals surface area contributed by atoms with Gasteiger partial charge in [0.05, 0.1) is 7.11 Å². The van der Waals surface area contributed by atoms with Crippen molar-refractivity contribution in [3.8, 4) is 5.88 Å². The largest absolute Gasteiger partial charge is 0.479 e. The minimum atomic E-state index is -0.480. The van der Waals surface area contributed by atoms with Crippen LogP contribution in [0.3, 0.4) is 0 Å². The summed E-state index contributed by atoms with van der Waals surface area (Å²) < 4.78 is 5.11. The Morgan fingerprint density at radius 1 is 1.35 bits per heavy atom. The molecule has 0 unspecified atom stereocenters. The van der Waals surface area contributed by atoms with Gasteiger partial charge >= 0.3 is 0 Å². The molecule has 90 valence electrons. The zero-order chi connectivity index (χ0) is 11.9. The fourth-order valence-electron chi connectivity index (χ4n) is 2.58. The van der Waals surface area contributed by atoms with Crippen molar-refractivity contribution in [3.63, 3.8) is 0 Å². The van der Waals surface area contributed by atoms with Crippen LogP contribution in [0.2, 0.25) is 0 Å². The fraction of sp³-hybridized carbons (Fsp3) is 0.545. The van der Waals surface area contributed by atoms with E-state index in [2.05, 4.69) is 20.6 Å². The number of carbonyl (C=O) groups is 1. The molecule has 1 aliphatic heterocycles. The van der Waals surface area contributed by atoms with Crippen molar-refractivity contribution in [1.82, 2.24) is 9.97 Å².